The summed E-state index contributed by atoms with van der Waals surface area (Å²) in [5.74, 6) is 0.739. The fourth-order valence-electron chi connectivity index (χ4n) is 3.04. The van der Waals surface area contributed by atoms with Gasteiger partial charge in [0.2, 0.25) is 0 Å². The summed E-state index contributed by atoms with van der Waals surface area (Å²) < 4.78 is 0. The molecule has 0 aromatic heterocycles. The van der Waals surface area contributed by atoms with E-state index in [9.17, 15) is 0 Å². The van der Waals surface area contributed by atoms with Gasteiger partial charge in [-0.25, -0.2) is 0 Å². The first-order valence-corrected chi connectivity index (χ1v) is 7.01. The first-order chi connectivity index (χ1) is 7.51. The van der Waals surface area contributed by atoms with Crippen LogP contribution in [0.4, 0.5) is 0 Å². The van der Waals surface area contributed by atoms with Gasteiger partial charge in [0, 0.05) is 31.2 Å². The maximum Gasteiger partial charge on any atom is 0.0223 e. The predicted molar refractivity (Wildman–Crippen MR) is 69.7 cm³/mol. The molecule has 2 rings (SSSR count). The highest BCUT2D eigenvalue weighted by atomic mass is 15.3. The van der Waals surface area contributed by atoms with Crippen molar-refractivity contribution in [3.63, 3.8) is 0 Å². The summed E-state index contributed by atoms with van der Waals surface area (Å²) in [6.07, 6.45) is 4.28. The van der Waals surface area contributed by atoms with Gasteiger partial charge in [-0.3, -0.25) is 9.80 Å². The van der Waals surface area contributed by atoms with Crippen molar-refractivity contribution in [3.8, 4) is 0 Å². The lowest BCUT2D eigenvalue weighted by Gasteiger charge is -2.51. The van der Waals surface area contributed by atoms with Crippen LogP contribution < -0.4 is 0 Å². The molecule has 1 unspecified atom stereocenters. The molecular weight excluding hydrogens is 196 g/mol. The molecule has 2 aliphatic rings. The number of rotatable bonds is 2. The van der Waals surface area contributed by atoms with Crippen LogP contribution >= 0.6 is 0 Å². The Bertz CT molecular complexity index is 235. The molecule has 0 N–H and O–H groups in total. The zero-order chi connectivity index (χ0) is 11.8. The quantitative estimate of drug-likeness (QED) is 0.711. The number of hydrogen-bond acceptors (Lipinski definition) is 2. The van der Waals surface area contributed by atoms with Gasteiger partial charge in [0.15, 0.2) is 0 Å². The molecule has 2 heterocycles. The molecule has 0 aliphatic carbocycles. The van der Waals surface area contributed by atoms with Crippen LogP contribution in [0.15, 0.2) is 0 Å². The molecule has 1 atom stereocenters. The van der Waals surface area contributed by atoms with Crippen molar-refractivity contribution in [3.05, 3.63) is 0 Å². The Hall–Kier alpha value is -0.0800. The Morgan fingerprint density at radius 1 is 1.06 bits per heavy atom. The minimum Gasteiger partial charge on any atom is -0.298 e. The van der Waals surface area contributed by atoms with Crippen LogP contribution in [-0.4, -0.2) is 47.6 Å². The van der Waals surface area contributed by atoms with Gasteiger partial charge in [-0.15, -0.1) is 0 Å². The van der Waals surface area contributed by atoms with E-state index in [1.54, 1.807) is 0 Å². The number of piperazine rings is 1. The normalized spacial score (nSPS) is 29.4. The van der Waals surface area contributed by atoms with Crippen LogP contribution in [0.2, 0.25) is 0 Å². The second-order valence-corrected chi connectivity index (χ2v) is 6.44. The van der Waals surface area contributed by atoms with Crippen molar-refractivity contribution < 1.29 is 0 Å². The largest absolute Gasteiger partial charge is 0.298 e. The van der Waals surface area contributed by atoms with E-state index in [0.29, 0.717) is 5.54 Å². The molecule has 94 valence electrons. The molecule has 2 saturated heterocycles. The lowest BCUT2D eigenvalue weighted by molar-refractivity contribution is -0.0179. The van der Waals surface area contributed by atoms with Crippen LogP contribution in [0.5, 0.6) is 0 Å². The van der Waals surface area contributed by atoms with Gasteiger partial charge in [0.05, 0.1) is 0 Å². The van der Waals surface area contributed by atoms with E-state index in [0.717, 1.165) is 12.0 Å². The van der Waals surface area contributed by atoms with Crippen molar-refractivity contribution in [1.29, 1.82) is 0 Å². The average molecular weight is 224 g/mol. The maximum absolute atomic E-state index is 2.73. The predicted octanol–water partition coefficient (Wildman–Crippen LogP) is 2.59. The Balaban J connectivity index is 1.99. The number of hydrogen-bond donors (Lipinski definition) is 0. The molecule has 0 aromatic carbocycles. The van der Waals surface area contributed by atoms with Gasteiger partial charge in [-0.2, -0.15) is 0 Å². The van der Waals surface area contributed by atoms with E-state index in [2.05, 4.69) is 37.5 Å². The van der Waals surface area contributed by atoms with Gasteiger partial charge in [-0.1, -0.05) is 20.3 Å². The fraction of sp³-hybridized carbons (Fsp3) is 1.00. The standard InChI is InChI=1S/C14H28N2/c1-12(2)14(3,4)16-10-9-15-8-6-5-7-13(15)11-16/h12-13H,5-11H2,1-4H3. The first-order valence-electron chi connectivity index (χ1n) is 7.01. The van der Waals surface area contributed by atoms with Crippen LogP contribution in [0.3, 0.4) is 0 Å². The molecule has 0 spiro atoms. The van der Waals surface area contributed by atoms with Gasteiger partial charge >= 0.3 is 0 Å². The molecule has 0 aromatic rings. The second kappa shape index (κ2) is 4.66. The Morgan fingerprint density at radius 2 is 1.81 bits per heavy atom. The maximum atomic E-state index is 2.73. The lowest BCUT2D eigenvalue weighted by Crippen LogP contribution is -2.61. The van der Waals surface area contributed by atoms with Crippen LogP contribution in [-0.2, 0) is 0 Å². The third kappa shape index (κ3) is 2.28. The minimum atomic E-state index is 0.365. The second-order valence-electron chi connectivity index (χ2n) is 6.44. The monoisotopic (exact) mass is 224 g/mol. The number of piperidine rings is 1. The van der Waals surface area contributed by atoms with Gasteiger partial charge < -0.3 is 0 Å². The van der Waals surface area contributed by atoms with Crippen molar-refractivity contribution >= 4 is 0 Å². The summed E-state index contributed by atoms with van der Waals surface area (Å²) in [5, 5.41) is 0. The van der Waals surface area contributed by atoms with Crippen LogP contribution in [0.1, 0.15) is 47.0 Å². The topological polar surface area (TPSA) is 6.48 Å². The van der Waals surface area contributed by atoms with E-state index in [4.69, 9.17) is 0 Å². The Morgan fingerprint density at radius 3 is 2.50 bits per heavy atom. The van der Waals surface area contributed by atoms with Crippen molar-refractivity contribution in [2.24, 2.45) is 5.92 Å². The van der Waals surface area contributed by atoms with Crippen LogP contribution in [0.25, 0.3) is 0 Å². The molecule has 2 aliphatic heterocycles. The SMILES string of the molecule is CC(C)C(C)(C)N1CCN2CCCCC2C1. The van der Waals surface area contributed by atoms with Crippen molar-refractivity contribution in [2.75, 3.05) is 26.2 Å². The molecule has 2 heteroatoms. The molecule has 16 heavy (non-hydrogen) atoms. The van der Waals surface area contributed by atoms with E-state index < -0.39 is 0 Å². The smallest absolute Gasteiger partial charge is 0.0223 e. The lowest BCUT2D eigenvalue weighted by atomic mass is 9.86. The number of fused-ring (bicyclic) bond motifs is 1. The molecule has 0 saturated carbocycles. The summed E-state index contributed by atoms with van der Waals surface area (Å²) in [4.78, 5) is 5.44. The molecule has 0 amide bonds. The summed E-state index contributed by atoms with van der Waals surface area (Å²) >= 11 is 0. The Labute approximate surface area is 101 Å². The highest BCUT2D eigenvalue weighted by molar-refractivity contribution is 4.93. The van der Waals surface area contributed by atoms with Gasteiger partial charge in [0.25, 0.3) is 0 Å². The van der Waals surface area contributed by atoms with E-state index in [1.807, 2.05) is 0 Å². The van der Waals surface area contributed by atoms with Crippen LogP contribution in [0, 0.1) is 5.92 Å². The molecule has 2 fully saturated rings. The van der Waals surface area contributed by atoms with E-state index in [-0.39, 0.29) is 0 Å². The summed E-state index contributed by atoms with van der Waals surface area (Å²) in [5.41, 5.74) is 0.365. The third-order valence-electron chi connectivity index (χ3n) is 5.07. The summed E-state index contributed by atoms with van der Waals surface area (Å²) in [6.45, 7) is 14.7. The average Bonchev–Trinajstić information content (AvgIpc) is 2.28. The zero-order valence-electron chi connectivity index (χ0n) is 11.5. The number of nitrogens with zero attached hydrogens (tertiary/aromatic N) is 2. The fourth-order valence-corrected chi connectivity index (χ4v) is 3.04. The molecular formula is C14H28N2. The van der Waals surface area contributed by atoms with E-state index >= 15 is 0 Å². The van der Waals surface area contributed by atoms with Crippen molar-refractivity contribution in [1.82, 2.24) is 9.80 Å². The molecule has 0 bridgehead atoms. The highest BCUT2D eigenvalue weighted by Crippen LogP contribution is 2.29. The van der Waals surface area contributed by atoms with Gasteiger partial charge in [-0.05, 0) is 39.2 Å². The third-order valence-corrected chi connectivity index (χ3v) is 5.07. The van der Waals surface area contributed by atoms with Crippen molar-refractivity contribution in [2.45, 2.75) is 58.5 Å². The Kier molecular flexibility index (Phi) is 3.60. The molecule has 2 nitrogen and oxygen atoms in total. The minimum absolute atomic E-state index is 0.365. The molecule has 0 radical (unpaired) electrons. The zero-order valence-corrected chi connectivity index (χ0v) is 11.5. The summed E-state index contributed by atoms with van der Waals surface area (Å²) in [6, 6.07) is 0.848. The van der Waals surface area contributed by atoms with E-state index in [1.165, 1.54) is 45.4 Å². The highest BCUT2D eigenvalue weighted by Gasteiger charge is 2.36. The first kappa shape index (κ1) is 12.4. The van der Waals surface area contributed by atoms with Gasteiger partial charge in [0.1, 0.15) is 0 Å². The summed E-state index contributed by atoms with van der Waals surface area (Å²) in [7, 11) is 0.